The quantitative estimate of drug-likeness (QED) is 0.600. The van der Waals surface area contributed by atoms with Crippen molar-refractivity contribution in [3.63, 3.8) is 0 Å². The minimum Gasteiger partial charge on any atom is -0.466 e. The highest BCUT2D eigenvalue weighted by molar-refractivity contribution is 5.81. The Morgan fingerprint density at radius 3 is 2.85 bits per heavy atom. The fraction of sp³-hybridized carbons (Fsp3) is 0.375. The Morgan fingerprint density at radius 2 is 2.05 bits per heavy atom. The summed E-state index contributed by atoms with van der Waals surface area (Å²) in [6, 6.07) is 9.26. The van der Waals surface area contributed by atoms with Crippen molar-refractivity contribution in [3.8, 4) is 0 Å². The maximum atomic E-state index is 11.8. The second-order valence-corrected chi connectivity index (χ2v) is 4.60. The maximum absolute atomic E-state index is 11.8. The first-order chi connectivity index (χ1) is 9.70. The highest BCUT2D eigenvalue weighted by atomic mass is 16.5. The Kier molecular flexibility index (Phi) is 4.93. The van der Waals surface area contributed by atoms with Crippen molar-refractivity contribution in [2.45, 2.75) is 32.6 Å². The van der Waals surface area contributed by atoms with E-state index in [1.807, 2.05) is 24.3 Å². The van der Waals surface area contributed by atoms with E-state index in [2.05, 4.69) is 0 Å². The van der Waals surface area contributed by atoms with Crippen LogP contribution in [0.1, 0.15) is 31.9 Å². The SMILES string of the molecule is CCOC(=O)CCCCc1cc2ccccc2c(=O)o1. The fourth-order valence-corrected chi connectivity index (χ4v) is 2.11. The van der Waals surface area contributed by atoms with Crippen LogP contribution < -0.4 is 5.63 Å². The van der Waals surface area contributed by atoms with Gasteiger partial charge in [0.15, 0.2) is 0 Å². The molecule has 1 aromatic carbocycles. The standard InChI is InChI=1S/C16H18O4/c1-2-19-15(17)10-6-4-8-13-11-12-7-3-5-9-14(12)16(18)20-13/h3,5,7,9,11H,2,4,6,8,10H2,1H3. The van der Waals surface area contributed by atoms with E-state index in [4.69, 9.17) is 9.15 Å². The van der Waals surface area contributed by atoms with E-state index in [0.29, 0.717) is 30.6 Å². The molecule has 2 rings (SSSR count). The molecule has 0 spiro atoms. The number of ether oxygens (including phenoxy) is 1. The molecule has 0 radical (unpaired) electrons. The fourth-order valence-electron chi connectivity index (χ4n) is 2.11. The summed E-state index contributed by atoms with van der Waals surface area (Å²) in [6.45, 7) is 2.21. The smallest absolute Gasteiger partial charge is 0.343 e. The number of fused-ring (bicyclic) bond motifs is 1. The zero-order valence-corrected chi connectivity index (χ0v) is 11.6. The molecule has 0 aliphatic carbocycles. The van der Waals surface area contributed by atoms with Gasteiger partial charge in [-0.25, -0.2) is 4.79 Å². The number of carbonyl (C=O) groups excluding carboxylic acids is 1. The average Bonchev–Trinajstić information content (AvgIpc) is 2.44. The van der Waals surface area contributed by atoms with Crippen LogP contribution in [0.2, 0.25) is 0 Å². The third-order valence-electron chi connectivity index (χ3n) is 3.08. The molecular formula is C16H18O4. The number of carbonyl (C=O) groups is 1. The molecule has 4 heteroatoms. The van der Waals surface area contributed by atoms with Gasteiger partial charge in [0.2, 0.25) is 0 Å². The van der Waals surface area contributed by atoms with Gasteiger partial charge in [-0.2, -0.15) is 0 Å². The average molecular weight is 274 g/mol. The van der Waals surface area contributed by atoms with Crippen LogP contribution in [0.5, 0.6) is 0 Å². The normalized spacial score (nSPS) is 10.7. The van der Waals surface area contributed by atoms with Gasteiger partial charge in [0.1, 0.15) is 5.76 Å². The van der Waals surface area contributed by atoms with E-state index in [1.54, 1.807) is 13.0 Å². The zero-order chi connectivity index (χ0) is 14.4. The minimum atomic E-state index is -0.302. The first-order valence-electron chi connectivity index (χ1n) is 6.88. The highest BCUT2D eigenvalue weighted by Gasteiger charge is 2.05. The van der Waals surface area contributed by atoms with Crippen molar-refractivity contribution in [2.75, 3.05) is 6.61 Å². The lowest BCUT2D eigenvalue weighted by Crippen LogP contribution is -2.04. The molecule has 0 unspecified atom stereocenters. The van der Waals surface area contributed by atoms with Gasteiger partial charge in [-0.15, -0.1) is 0 Å². The van der Waals surface area contributed by atoms with Gasteiger partial charge in [-0.05, 0) is 37.3 Å². The Labute approximate surface area is 117 Å². The molecule has 0 fully saturated rings. The monoisotopic (exact) mass is 274 g/mol. The molecule has 0 aliphatic rings. The lowest BCUT2D eigenvalue weighted by Gasteiger charge is -2.03. The topological polar surface area (TPSA) is 56.5 Å². The summed E-state index contributed by atoms with van der Waals surface area (Å²) < 4.78 is 10.1. The van der Waals surface area contributed by atoms with Gasteiger partial charge in [-0.3, -0.25) is 4.79 Å². The molecule has 2 aromatic rings. The molecule has 0 bridgehead atoms. The van der Waals surface area contributed by atoms with E-state index in [1.165, 1.54) is 0 Å². The third kappa shape index (κ3) is 3.70. The number of hydrogen-bond acceptors (Lipinski definition) is 4. The molecule has 0 saturated heterocycles. The number of rotatable bonds is 6. The molecule has 1 heterocycles. The molecule has 0 saturated carbocycles. The third-order valence-corrected chi connectivity index (χ3v) is 3.08. The summed E-state index contributed by atoms with van der Waals surface area (Å²) in [4.78, 5) is 23.0. The minimum absolute atomic E-state index is 0.174. The molecule has 0 atom stereocenters. The van der Waals surface area contributed by atoms with Gasteiger partial charge in [0.05, 0.1) is 12.0 Å². The van der Waals surface area contributed by atoms with Crippen molar-refractivity contribution in [2.24, 2.45) is 0 Å². The predicted molar refractivity (Wildman–Crippen MR) is 76.7 cm³/mol. The van der Waals surface area contributed by atoms with Crippen molar-refractivity contribution in [3.05, 3.63) is 46.5 Å². The van der Waals surface area contributed by atoms with Crippen LogP contribution in [-0.2, 0) is 16.0 Å². The van der Waals surface area contributed by atoms with Crippen LogP contribution in [0.15, 0.2) is 39.5 Å². The Bertz CT molecular complexity index is 642. The first kappa shape index (κ1) is 14.3. The molecule has 20 heavy (non-hydrogen) atoms. The van der Waals surface area contributed by atoms with Crippen molar-refractivity contribution in [1.82, 2.24) is 0 Å². The number of esters is 1. The van der Waals surface area contributed by atoms with Crippen LogP contribution >= 0.6 is 0 Å². The Morgan fingerprint density at radius 1 is 1.25 bits per heavy atom. The molecule has 0 aliphatic heterocycles. The van der Waals surface area contributed by atoms with Crippen LogP contribution in [0.3, 0.4) is 0 Å². The molecule has 1 aromatic heterocycles. The van der Waals surface area contributed by atoms with Gasteiger partial charge in [-0.1, -0.05) is 18.2 Å². The number of benzene rings is 1. The largest absolute Gasteiger partial charge is 0.466 e. The van der Waals surface area contributed by atoms with E-state index in [-0.39, 0.29) is 11.6 Å². The van der Waals surface area contributed by atoms with Crippen molar-refractivity contribution < 1.29 is 13.9 Å². The van der Waals surface area contributed by atoms with Crippen molar-refractivity contribution >= 4 is 16.7 Å². The van der Waals surface area contributed by atoms with E-state index >= 15 is 0 Å². The molecule has 106 valence electrons. The van der Waals surface area contributed by atoms with Crippen LogP contribution in [-0.4, -0.2) is 12.6 Å². The summed E-state index contributed by atoms with van der Waals surface area (Å²) in [7, 11) is 0. The summed E-state index contributed by atoms with van der Waals surface area (Å²) in [5, 5.41) is 1.49. The lowest BCUT2D eigenvalue weighted by molar-refractivity contribution is -0.143. The Hall–Kier alpha value is -2.10. The van der Waals surface area contributed by atoms with Gasteiger partial charge < -0.3 is 9.15 Å². The molecule has 4 nitrogen and oxygen atoms in total. The van der Waals surface area contributed by atoms with E-state index in [0.717, 1.165) is 18.2 Å². The summed E-state index contributed by atoms with van der Waals surface area (Å²) in [5.41, 5.74) is -0.302. The molecular weight excluding hydrogens is 256 g/mol. The first-order valence-corrected chi connectivity index (χ1v) is 6.88. The number of unbranched alkanes of at least 4 members (excludes halogenated alkanes) is 1. The zero-order valence-electron chi connectivity index (χ0n) is 11.6. The second-order valence-electron chi connectivity index (χ2n) is 4.60. The number of hydrogen-bond donors (Lipinski definition) is 0. The van der Waals surface area contributed by atoms with Crippen molar-refractivity contribution in [1.29, 1.82) is 0 Å². The van der Waals surface area contributed by atoms with Crippen LogP contribution in [0, 0.1) is 0 Å². The summed E-state index contributed by atoms with van der Waals surface area (Å²) in [6.07, 6.45) is 2.58. The Balaban J connectivity index is 1.94. The van der Waals surface area contributed by atoms with Crippen LogP contribution in [0.4, 0.5) is 0 Å². The summed E-state index contributed by atoms with van der Waals surface area (Å²) in [5.74, 6) is 0.491. The van der Waals surface area contributed by atoms with Crippen LogP contribution in [0.25, 0.3) is 10.8 Å². The predicted octanol–water partition coefficient (Wildman–Crippen LogP) is 3.07. The number of aryl methyl sites for hydroxylation is 1. The lowest BCUT2D eigenvalue weighted by atomic mass is 10.1. The van der Waals surface area contributed by atoms with Gasteiger partial charge >= 0.3 is 11.6 Å². The van der Waals surface area contributed by atoms with E-state index < -0.39 is 0 Å². The second kappa shape index (κ2) is 6.89. The maximum Gasteiger partial charge on any atom is 0.343 e. The summed E-state index contributed by atoms with van der Waals surface area (Å²) >= 11 is 0. The van der Waals surface area contributed by atoms with Gasteiger partial charge in [0.25, 0.3) is 0 Å². The molecule has 0 N–H and O–H groups in total. The van der Waals surface area contributed by atoms with Gasteiger partial charge in [0, 0.05) is 12.8 Å². The highest BCUT2D eigenvalue weighted by Crippen LogP contribution is 2.13. The van der Waals surface area contributed by atoms with E-state index in [9.17, 15) is 9.59 Å². The molecule has 0 amide bonds.